The highest BCUT2D eigenvalue weighted by Crippen LogP contribution is 2.04. The van der Waals surface area contributed by atoms with Crippen LogP contribution in [0.15, 0.2) is 0 Å². The molecular formula is C12H22N4O2. The molecular weight excluding hydrogens is 232 g/mol. The third kappa shape index (κ3) is 4.44. The average molecular weight is 254 g/mol. The van der Waals surface area contributed by atoms with E-state index < -0.39 is 0 Å². The number of unbranched alkanes of at least 4 members (excludes halogenated alkanes) is 3. The minimum Gasteiger partial charge on any atom is -0.395 e. The highest BCUT2D eigenvalue weighted by atomic mass is 16.3. The second-order valence-electron chi connectivity index (χ2n) is 4.32. The Balaban J connectivity index is 2.52. The minimum absolute atomic E-state index is 0.0388. The minimum atomic E-state index is -0.218. The molecule has 18 heavy (non-hydrogen) atoms. The summed E-state index contributed by atoms with van der Waals surface area (Å²) in [5.41, 5.74) is 0. The van der Waals surface area contributed by atoms with Crippen LogP contribution in [0.4, 0.5) is 0 Å². The molecule has 6 heteroatoms. The molecule has 1 heterocycles. The summed E-state index contributed by atoms with van der Waals surface area (Å²) in [4.78, 5) is 17.7. The van der Waals surface area contributed by atoms with E-state index in [1.807, 2.05) is 0 Å². The number of carbonyl (C=O) groups is 1. The Hall–Kier alpha value is -1.43. The predicted octanol–water partition coefficient (Wildman–Crippen LogP) is 1.13. The fraction of sp³-hybridized carbons (Fsp3) is 0.750. The maximum Gasteiger partial charge on any atom is 0.293 e. The van der Waals surface area contributed by atoms with Gasteiger partial charge in [0.2, 0.25) is 5.82 Å². The van der Waals surface area contributed by atoms with Crippen molar-refractivity contribution in [1.82, 2.24) is 20.1 Å². The Morgan fingerprint density at radius 1 is 1.33 bits per heavy atom. The van der Waals surface area contributed by atoms with E-state index >= 15 is 0 Å². The number of H-pyrrole nitrogens is 1. The molecule has 0 aromatic carbocycles. The standard InChI is InChI=1S/C12H22N4O2/c1-3-4-5-6-7-16(8-9-17)12(18)11-13-10(2)14-15-11/h17H,3-9H2,1-2H3,(H,13,14,15). The van der Waals surface area contributed by atoms with E-state index in [0.29, 0.717) is 18.9 Å². The molecule has 0 saturated heterocycles. The van der Waals surface area contributed by atoms with Gasteiger partial charge in [-0.15, -0.1) is 5.10 Å². The van der Waals surface area contributed by atoms with Gasteiger partial charge >= 0.3 is 0 Å². The van der Waals surface area contributed by atoms with Crippen molar-refractivity contribution in [3.8, 4) is 0 Å². The van der Waals surface area contributed by atoms with Gasteiger partial charge in [0.05, 0.1) is 6.61 Å². The lowest BCUT2D eigenvalue weighted by molar-refractivity contribution is 0.0706. The summed E-state index contributed by atoms with van der Waals surface area (Å²) in [5.74, 6) is 0.578. The van der Waals surface area contributed by atoms with E-state index in [4.69, 9.17) is 5.11 Å². The lowest BCUT2D eigenvalue weighted by atomic mass is 10.2. The number of hydrogen-bond acceptors (Lipinski definition) is 4. The number of aromatic nitrogens is 3. The van der Waals surface area contributed by atoms with Crippen molar-refractivity contribution in [3.63, 3.8) is 0 Å². The summed E-state index contributed by atoms with van der Waals surface area (Å²) in [7, 11) is 0. The average Bonchev–Trinajstić information content (AvgIpc) is 2.79. The lowest BCUT2D eigenvalue weighted by Gasteiger charge is -2.20. The van der Waals surface area contributed by atoms with Crippen molar-refractivity contribution in [2.24, 2.45) is 0 Å². The van der Waals surface area contributed by atoms with Crippen LogP contribution in [0.2, 0.25) is 0 Å². The van der Waals surface area contributed by atoms with Crippen LogP contribution in [0.25, 0.3) is 0 Å². The van der Waals surface area contributed by atoms with Crippen molar-refractivity contribution in [3.05, 3.63) is 11.6 Å². The van der Waals surface area contributed by atoms with Crippen LogP contribution in [0.1, 0.15) is 49.1 Å². The number of amides is 1. The van der Waals surface area contributed by atoms with E-state index in [1.54, 1.807) is 11.8 Å². The number of nitrogens with zero attached hydrogens (tertiary/aromatic N) is 3. The van der Waals surface area contributed by atoms with Gasteiger partial charge in [0.25, 0.3) is 5.91 Å². The van der Waals surface area contributed by atoms with E-state index in [-0.39, 0.29) is 18.3 Å². The van der Waals surface area contributed by atoms with Gasteiger partial charge in [-0.05, 0) is 13.3 Å². The molecule has 0 bridgehead atoms. The number of hydrogen-bond donors (Lipinski definition) is 2. The zero-order valence-corrected chi connectivity index (χ0v) is 11.1. The second kappa shape index (κ2) is 7.81. The third-order valence-corrected chi connectivity index (χ3v) is 2.73. The Morgan fingerprint density at radius 2 is 2.11 bits per heavy atom. The first-order valence-electron chi connectivity index (χ1n) is 6.48. The lowest BCUT2D eigenvalue weighted by Crippen LogP contribution is -2.35. The van der Waals surface area contributed by atoms with Crippen LogP contribution in [-0.2, 0) is 0 Å². The Labute approximate surface area is 107 Å². The SMILES string of the molecule is CCCCCCN(CCO)C(=O)c1n[nH]c(C)n1. The molecule has 0 fully saturated rings. The summed E-state index contributed by atoms with van der Waals surface area (Å²) >= 11 is 0. The molecule has 0 atom stereocenters. The summed E-state index contributed by atoms with van der Waals surface area (Å²) < 4.78 is 0. The molecule has 0 aliphatic carbocycles. The highest BCUT2D eigenvalue weighted by molar-refractivity contribution is 5.90. The van der Waals surface area contributed by atoms with Crippen LogP contribution < -0.4 is 0 Å². The highest BCUT2D eigenvalue weighted by Gasteiger charge is 2.18. The quantitative estimate of drug-likeness (QED) is 0.681. The van der Waals surface area contributed by atoms with Gasteiger partial charge in [0.1, 0.15) is 5.82 Å². The first-order chi connectivity index (χ1) is 8.69. The molecule has 1 rings (SSSR count). The molecule has 6 nitrogen and oxygen atoms in total. The van der Waals surface area contributed by atoms with Crippen molar-refractivity contribution < 1.29 is 9.90 Å². The number of carbonyl (C=O) groups excluding carboxylic acids is 1. The third-order valence-electron chi connectivity index (χ3n) is 2.73. The van der Waals surface area contributed by atoms with Crippen molar-refractivity contribution in [2.75, 3.05) is 19.7 Å². The van der Waals surface area contributed by atoms with Crippen LogP contribution in [-0.4, -0.2) is 50.8 Å². The van der Waals surface area contributed by atoms with Crippen molar-refractivity contribution >= 4 is 5.91 Å². The first-order valence-corrected chi connectivity index (χ1v) is 6.48. The molecule has 0 saturated carbocycles. The molecule has 0 unspecified atom stereocenters. The van der Waals surface area contributed by atoms with E-state index in [2.05, 4.69) is 22.1 Å². The number of aryl methyl sites for hydroxylation is 1. The van der Waals surface area contributed by atoms with Gasteiger partial charge in [0.15, 0.2) is 0 Å². The van der Waals surface area contributed by atoms with Crippen molar-refractivity contribution in [1.29, 1.82) is 0 Å². The fourth-order valence-electron chi connectivity index (χ4n) is 1.74. The molecule has 0 radical (unpaired) electrons. The number of aliphatic hydroxyl groups excluding tert-OH is 1. The van der Waals surface area contributed by atoms with Gasteiger partial charge in [-0.1, -0.05) is 26.2 Å². The van der Waals surface area contributed by atoms with Gasteiger partial charge in [-0.3, -0.25) is 9.89 Å². The van der Waals surface area contributed by atoms with E-state index in [0.717, 1.165) is 19.3 Å². The number of rotatable bonds is 8. The number of aromatic amines is 1. The molecule has 0 spiro atoms. The fourth-order valence-corrected chi connectivity index (χ4v) is 1.74. The monoisotopic (exact) mass is 254 g/mol. The zero-order chi connectivity index (χ0) is 13.4. The zero-order valence-electron chi connectivity index (χ0n) is 11.1. The Bertz CT molecular complexity index is 365. The molecule has 1 aromatic rings. The maximum atomic E-state index is 12.1. The van der Waals surface area contributed by atoms with Gasteiger partial charge in [0, 0.05) is 13.1 Å². The molecule has 0 aliphatic heterocycles. The summed E-state index contributed by atoms with van der Waals surface area (Å²) in [6.07, 6.45) is 4.37. The van der Waals surface area contributed by atoms with Crippen molar-refractivity contribution in [2.45, 2.75) is 39.5 Å². The predicted molar refractivity (Wildman–Crippen MR) is 68.3 cm³/mol. The van der Waals surface area contributed by atoms with E-state index in [9.17, 15) is 4.79 Å². The first kappa shape index (κ1) is 14.6. The normalized spacial score (nSPS) is 10.6. The number of nitrogens with one attached hydrogen (secondary N) is 1. The topological polar surface area (TPSA) is 82.1 Å². The summed E-state index contributed by atoms with van der Waals surface area (Å²) in [6, 6.07) is 0. The van der Waals surface area contributed by atoms with E-state index in [1.165, 1.54) is 6.42 Å². The van der Waals surface area contributed by atoms with Gasteiger partial charge < -0.3 is 10.0 Å². The molecule has 0 aliphatic rings. The molecule has 102 valence electrons. The maximum absolute atomic E-state index is 12.1. The summed E-state index contributed by atoms with van der Waals surface area (Å²) in [5, 5.41) is 15.5. The van der Waals surface area contributed by atoms with Crippen LogP contribution >= 0.6 is 0 Å². The Morgan fingerprint density at radius 3 is 2.67 bits per heavy atom. The largest absolute Gasteiger partial charge is 0.395 e. The molecule has 1 amide bonds. The van der Waals surface area contributed by atoms with Gasteiger partial charge in [-0.25, -0.2) is 4.98 Å². The molecule has 1 aromatic heterocycles. The van der Waals surface area contributed by atoms with Crippen LogP contribution in [0.5, 0.6) is 0 Å². The van der Waals surface area contributed by atoms with Gasteiger partial charge in [-0.2, -0.15) is 0 Å². The molecule has 2 N–H and O–H groups in total. The second-order valence-corrected chi connectivity index (χ2v) is 4.32. The summed E-state index contributed by atoms with van der Waals surface area (Å²) in [6.45, 7) is 4.84. The van der Waals surface area contributed by atoms with Crippen LogP contribution in [0.3, 0.4) is 0 Å². The Kier molecular flexibility index (Phi) is 6.35. The van der Waals surface area contributed by atoms with Crippen LogP contribution in [0, 0.1) is 6.92 Å². The number of aliphatic hydroxyl groups is 1. The smallest absolute Gasteiger partial charge is 0.293 e.